The number of nitrogens with one attached hydrogen (secondary N) is 1. The number of hydrogen-bond donors (Lipinski definition) is 2. The molecule has 0 radical (unpaired) electrons. The number of carbonyl (C=O) groups is 1. The third kappa shape index (κ3) is 3.91. The van der Waals surface area contributed by atoms with E-state index in [2.05, 4.69) is 5.32 Å². The number of para-hydroxylation sites is 1. The van der Waals surface area contributed by atoms with Gasteiger partial charge in [-0.3, -0.25) is 4.79 Å². The standard InChI is InChI=1S/C23H19NO6/c1-28-15-6-8-17-18-9-7-16(11-21(18)30-23(27)19(17)10-15)29-13-22(26)24-12-14-4-2-3-5-20(14)25/h2-11,25H,12-13H2,1H3,(H,24,26). The van der Waals surface area contributed by atoms with Gasteiger partial charge in [-0.05, 0) is 36.4 Å². The Morgan fingerprint density at radius 1 is 1.00 bits per heavy atom. The Balaban J connectivity index is 1.48. The van der Waals surface area contributed by atoms with Crippen molar-refractivity contribution >= 4 is 27.6 Å². The predicted molar refractivity (Wildman–Crippen MR) is 112 cm³/mol. The van der Waals surface area contributed by atoms with E-state index in [9.17, 15) is 14.7 Å². The zero-order valence-electron chi connectivity index (χ0n) is 16.2. The molecule has 3 aromatic carbocycles. The Kier molecular flexibility index (Phi) is 5.26. The van der Waals surface area contributed by atoms with Crippen molar-refractivity contribution in [3.63, 3.8) is 0 Å². The van der Waals surface area contributed by atoms with Gasteiger partial charge in [0.05, 0.1) is 12.5 Å². The minimum atomic E-state index is -0.478. The molecule has 1 heterocycles. The van der Waals surface area contributed by atoms with E-state index >= 15 is 0 Å². The molecule has 0 aliphatic carbocycles. The van der Waals surface area contributed by atoms with Gasteiger partial charge in [0, 0.05) is 28.9 Å². The molecule has 0 saturated carbocycles. The first-order valence-electron chi connectivity index (χ1n) is 9.26. The number of phenols is 1. The normalized spacial score (nSPS) is 10.8. The number of rotatable bonds is 6. The maximum absolute atomic E-state index is 12.3. The monoisotopic (exact) mass is 405 g/mol. The van der Waals surface area contributed by atoms with Crippen molar-refractivity contribution in [1.82, 2.24) is 5.32 Å². The molecule has 0 bridgehead atoms. The maximum Gasteiger partial charge on any atom is 0.344 e. The van der Waals surface area contributed by atoms with Crippen LogP contribution in [-0.4, -0.2) is 24.7 Å². The van der Waals surface area contributed by atoms with Gasteiger partial charge in [-0.15, -0.1) is 0 Å². The summed E-state index contributed by atoms with van der Waals surface area (Å²) in [5.74, 6) is 0.749. The lowest BCUT2D eigenvalue weighted by Gasteiger charge is -2.10. The lowest BCUT2D eigenvalue weighted by molar-refractivity contribution is -0.123. The summed E-state index contributed by atoms with van der Waals surface area (Å²) < 4.78 is 16.1. The highest BCUT2D eigenvalue weighted by Crippen LogP contribution is 2.28. The largest absolute Gasteiger partial charge is 0.508 e. The summed E-state index contributed by atoms with van der Waals surface area (Å²) in [6.07, 6.45) is 0. The third-order valence-electron chi connectivity index (χ3n) is 4.73. The van der Waals surface area contributed by atoms with Crippen molar-refractivity contribution in [3.8, 4) is 17.2 Å². The summed E-state index contributed by atoms with van der Waals surface area (Å²) in [5.41, 5.74) is 0.501. The van der Waals surface area contributed by atoms with E-state index in [0.29, 0.717) is 28.0 Å². The van der Waals surface area contributed by atoms with Gasteiger partial charge < -0.3 is 24.3 Å². The molecule has 0 spiro atoms. The number of phenolic OH excluding ortho intramolecular Hbond substituents is 1. The highest BCUT2D eigenvalue weighted by atomic mass is 16.5. The first-order valence-corrected chi connectivity index (χ1v) is 9.26. The summed E-state index contributed by atoms with van der Waals surface area (Å²) in [4.78, 5) is 24.4. The van der Waals surface area contributed by atoms with Gasteiger partial charge >= 0.3 is 5.63 Å². The van der Waals surface area contributed by atoms with Crippen LogP contribution in [-0.2, 0) is 11.3 Å². The smallest absolute Gasteiger partial charge is 0.344 e. The van der Waals surface area contributed by atoms with E-state index in [-0.39, 0.29) is 24.8 Å². The van der Waals surface area contributed by atoms with Crippen LogP contribution < -0.4 is 20.4 Å². The molecule has 152 valence electrons. The van der Waals surface area contributed by atoms with Crippen LogP contribution in [0.3, 0.4) is 0 Å². The van der Waals surface area contributed by atoms with Crippen molar-refractivity contribution in [1.29, 1.82) is 0 Å². The van der Waals surface area contributed by atoms with E-state index in [4.69, 9.17) is 13.9 Å². The average Bonchev–Trinajstić information content (AvgIpc) is 2.76. The molecule has 0 aliphatic rings. The van der Waals surface area contributed by atoms with Crippen LogP contribution in [0, 0.1) is 0 Å². The third-order valence-corrected chi connectivity index (χ3v) is 4.73. The summed E-state index contributed by atoms with van der Waals surface area (Å²) in [5, 5.41) is 14.3. The van der Waals surface area contributed by atoms with E-state index in [1.165, 1.54) is 7.11 Å². The molecule has 2 N–H and O–H groups in total. The van der Waals surface area contributed by atoms with Crippen molar-refractivity contribution in [2.75, 3.05) is 13.7 Å². The molecule has 0 saturated heterocycles. The van der Waals surface area contributed by atoms with Crippen LogP contribution in [0.25, 0.3) is 21.7 Å². The summed E-state index contributed by atoms with van der Waals surface area (Å²) >= 11 is 0. The van der Waals surface area contributed by atoms with Crippen molar-refractivity contribution in [3.05, 3.63) is 76.6 Å². The Labute approximate surface area is 171 Å². The van der Waals surface area contributed by atoms with Crippen LogP contribution in [0.4, 0.5) is 0 Å². The molecular formula is C23H19NO6. The van der Waals surface area contributed by atoms with Gasteiger partial charge in [0.2, 0.25) is 0 Å². The number of aromatic hydroxyl groups is 1. The number of hydrogen-bond acceptors (Lipinski definition) is 6. The first kappa shape index (κ1) is 19.3. The fraction of sp³-hybridized carbons (Fsp3) is 0.130. The summed E-state index contributed by atoms with van der Waals surface area (Å²) in [6.45, 7) is -0.0228. The topological polar surface area (TPSA) is 98.0 Å². The molecular weight excluding hydrogens is 386 g/mol. The molecule has 0 aliphatic heterocycles. The Morgan fingerprint density at radius 3 is 2.57 bits per heavy atom. The van der Waals surface area contributed by atoms with Gasteiger partial charge in [-0.2, -0.15) is 0 Å². The van der Waals surface area contributed by atoms with Crippen molar-refractivity contribution < 1.29 is 23.8 Å². The molecule has 4 rings (SSSR count). The van der Waals surface area contributed by atoms with Crippen LogP contribution in [0.5, 0.6) is 17.2 Å². The molecule has 0 atom stereocenters. The van der Waals surface area contributed by atoms with Gasteiger partial charge in [0.1, 0.15) is 22.8 Å². The number of methoxy groups -OCH3 is 1. The molecule has 30 heavy (non-hydrogen) atoms. The van der Waals surface area contributed by atoms with Crippen molar-refractivity contribution in [2.24, 2.45) is 0 Å². The zero-order valence-corrected chi connectivity index (χ0v) is 16.2. The fourth-order valence-electron chi connectivity index (χ4n) is 3.16. The second kappa shape index (κ2) is 8.16. The van der Waals surface area contributed by atoms with E-state index in [1.54, 1.807) is 60.7 Å². The lowest BCUT2D eigenvalue weighted by Crippen LogP contribution is -2.28. The van der Waals surface area contributed by atoms with Crippen molar-refractivity contribution in [2.45, 2.75) is 6.54 Å². The molecule has 4 aromatic rings. The predicted octanol–water partition coefficient (Wildman–Crippen LogP) is 3.36. The quantitative estimate of drug-likeness (QED) is 0.377. The van der Waals surface area contributed by atoms with E-state index in [1.807, 2.05) is 0 Å². The SMILES string of the molecule is COc1ccc2c(c1)c(=O)oc1cc(OCC(=O)NCc3ccccc3O)ccc12. The van der Waals surface area contributed by atoms with Gasteiger partial charge in [0.15, 0.2) is 6.61 Å². The maximum atomic E-state index is 12.3. The lowest BCUT2D eigenvalue weighted by atomic mass is 10.1. The van der Waals surface area contributed by atoms with Crippen LogP contribution in [0.2, 0.25) is 0 Å². The Hall–Kier alpha value is -4.00. The minimum absolute atomic E-state index is 0.119. The summed E-state index contributed by atoms with van der Waals surface area (Å²) in [7, 11) is 1.53. The molecule has 0 unspecified atom stereocenters. The minimum Gasteiger partial charge on any atom is -0.508 e. The first-order chi connectivity index (χ1) is 14.5. The van der Waals surface area contributed by atoms with E-state index in [0.717, 1.165) is 10.8 Å². The number of benzene rings is 3. The van der Waals surface area contributed by atoms with Gasteiger partial charge in [0.25, 0.3) is 5.91 Å². The second-order valence-corrected chi connectivity index (χ2v) is 6.65. The van der Waals surface area contributed by atoms with Gasteiger partial charge in [-0.1, -0.05) is 18.2 Å². The number of ether oxygens (including phenoxy) is 2. The highest BCUT2D eigenvalue weighted by molar-refractivity contribution is 6.04. The van der Waals surface area contributed by atoms with Crippen LogP contribution in [0.15, 0.2) is 69.9 Å². The van der Waals surface area contributed by atoms with E-state index < -0.39 is 5.63 Å². The number of carbonyl (C=O) groups excluding carboxylic acids is 1. The van der Waals surface area contributed by atoms with Crippen LogP contribution >= 0.6 is 0 Å². The zero-order chi connectivity index (χ0) is 21.1. The Bertz CT molecular complexity index is 1290. The second-order valence-electron chi connectivity index (χ2n) is 6.65. The number of fused-ring (bicyclic) bond motifs is 3. The molecule has 1 aromatic heterocycles. The average molecular weight is 405 g/mol. The van der Waals surface area contributed by atoms with Crippen LogP contribution in [0.1, 0.15) is 5.56 Å². The molecule has 7 nitrogen and oxygen atoms in total. The highest BCUT2D eigenvalue weighted by Gasteiger charge is 2.11. The van der Waals surface area contributed by atoms with Gasteiger partial charge in [-0.25, -0.2) is 4.79 Å². The Morgan fingerprint density at radius 2 is 1.77 bits per heavy atom. The number of amides is 1. The fourth-order valence-corrected chi connectivity index (χ4v) is 3.16. The molecule has 0 fully saturated rings. The molecule has 1 amide bonds. The molecule has 7 heteroatoms. The summed E-state index contributed by atoms with van der Waals surface area (Å²) in [6, 6.07) is 17.1.